The van der Waals surface area contributed by atoms with Crippen molar-refractivity contribution in [3.8, 4) is 0 Å². The summed E-state index contributed by atoms with van der Waals surface area (Å²) < 4.78 is 32.9. The van der Waals surface area contributed by atoms with Crippen molar-refractivity contribution in [1.29, 1.82) is 0 Å². The zero-order valence-corrected chi connectivity index (χ0v) is 38.7. The Balaban J connectivity index is 4.03. The van der Waals surface area contributed by atoms with Crippen molar-refractivity contribution in [3.63, 3.8) is 0 Å². The van der Waals surface area contributed by atoms with Gasteiger partial charge in [-0.2, -0.15) is 0 Å². The smallest absolute Gasteiger partial charge is 0.462 e. The van der Waals surface area contributed by atoms with Crippen molar-refractivity contribution in [1.82, 2.24) is 0 Å². The molecule has 0 radical (unpaired) electrons. The molecule has 0 aromatic rings. The van der Waals surface area contributed by atoms with E-state index in [1.807, 2.05) is 0 Å². The van der Waals surface area contributed by atoms with Gasteiger partial charge in [-0.05, 0) is 64.2 Å². The molecule has 58 heavy (non-hydrogen) atoms. The van der Waals surface area contributed by atoms with Crippen molar-refractivity contribution in [3.05, 3.63) is 24.3 Å². The summed E-state index contributed by atoms with van der Waals surface area (Å²) in [5, 5.41) is 0. The van der Waals surface area contributed by atoms with E-state index in [0.29, 0.717) is 6.42 Å². The highest BCUT2D eigenvalue weighted by Gasteiger charge is 2.26. The molecule has 0 fully saturated rings. The summed E-state index contributed by atoms with van der Waals surface area (Å²) in [6.07, 6.45) is 49.3. The first-order chi connectivity index (χ1) is 28.3. The number of hydrogen-bond acceptors (Lipinski definition) is 8. The highest BCUT2D eigenvalue weighted by Crippen LogP contribution is 2.43. The van der Waals surface area contributed by atoms with Crippen LogP contribution in [0.15, 0.2) is 24.3 Å². The van der Waals surface area contributed by atoms with Crippen molar-refractivity contribution in [2.24, 2.45) is 5.73 Å². The molecule has 0 heterocycles. The highest BCUT2D eigenvalue weighted by atomic mass is 31.2. The Morgan fingerprint density at radius 3 is 1.22 bits per heavy atom. The van der Waals surface area contributed by atoms with Gasteiger partial charge in [-0.3, -0.25) is 18.6 Å². The first-order valence-electron chi connectivity index (χ1n) is 24.3. The fourth-order valence-corrected chi connectivity index (χ4v) is 7.68. The third kappa shape index (κ3) is 44.1. The third-order valence-electron chi connectivity index (χ3n) is 10.6. The molecule has 10 heteroatoms. The number of nitrogens with two attached hydrogens (primary N) is 1. The molecule has 9 nitrogen and oxygen atoms in total. The molecule has 0 bridgehead atoms. The summed E-state index contributed by atoms with van der Waals surface area (Å²) in [5.74, 6) is -0.831. The number of phosphoric ester groups is 1. The van der Waals surface area contributed by atoms with Gasteiger partial charge in [-0.25, -0.2) is 4.57 Å². The Hall–Kier alpha value is -1.51. The lowest BCUT2D eigenvalue weighted by Gasteiger charge is -2.19. The lowest BCUT2D eigenvalue weighted by molar-refractivity contribution is -0.161. The van der Waals surface area contributed by atoms with Crippen LogP contribution in [0.1, 0.15) is 239 Å². The number of hydrogen-bond donors (Lipinski definition) is 2. The van der Waals surface area contributed by atoms with Crippen LogP contribution in [-0.4, -0.2) is 49.3 Å². The van der Waals surface area contributed by atoms with E-state index in [9.17, 15) is 19.0 Å². The number of esters is 2. The van der Waals surface area contributed by atoms with Gasteiger partial charge in [-0.1, -0.05) is 186 Å². The zero-order chi connectivity index (χ0) is 42.5. The van der Waals surface area contributed by atoms with Crippen molar-refractivity contribution in [2.45, 2.75) is 245 Å². The van der Waals surface area contributed by atoms with Gasteiger partial charge in [0, 0.05) is 19.4 Å². The summed E-state index contributed by atoms with van der Waals surface area (Å²) in [5.41, 5.74) is 5.36. The van der Waals surface area contributed by atoms with Crippen LogP contribution in [-0.2, 0) is 32.7 Å². The number of unbranched alkanes of at least 4 members (excludes halogenated alkanes) is 29. The molecule has 0 saturated heterocycles. The van der Waals surface area contributed by atoms with Gasteiger partial charge in [0.1, 0.15) is 6.61 Å². The summed E-state index contributed by atoms with van der Waals surface area (Å²) >= 11 is 0. The van der Waals surface area contributed by atoms with Crippen LogP contribution in [0.5, 0.6) is 0 Å². The minimum absolute atomic E-state index is 0.0535. The molecular formula is C48H92NO8P. The minimum atomic E-state index is -4.38. The molecule has 0 rings (SSSR count). The number of phosphoric acid groups is 1. The van der Waals surface area contributed by atoms with Crippen LogP contribution in [0.4, 0.5) is 0 Å². The van der Waals surface area contributed by atoms with E-state index in [0.717, 1.165) is 57.8 Å². The molecule has 0 aliphatic rings. The number of rotatable bonds is 46. The summed E-state index contributed by atoms with van der Waals surface area (Å²) in [7, 11) is -4.38. The molecule has 3 N–H and O–H groups in total. The molecule has 0 spiro atoms. The molecular weight excluding hydrogens is 750 g/mol. The molecule has 0 aromatic heterocycles. The lowest BCUT2D eigenvalue weighted by Crippen LogP contribution is -2.29. The zero-order valence-electron chi connectivity index (χ0n) is 37.8. The van der Waals surface area contributed by atoms with E-state index in [4.69, 9.17) is 24.3 Å². The maximum Gasteiger partial charge on any atom is 0.472 e. The molecule has 0 aliphatic carbocycles. The molecule has 0 saturated carbocycles. The van der Waals surface area contributed by atoms with E-state index in [2.05, 4.69) is 38.2 Å². The van der Waals surface area contributed by atoms with E-state index < -0.39 is 26.5 Å². The number of carbonyl (C=O) groups is 2. The molecule has 342 valence electrons. The summed E-state index contributed by atoms with van der Waals surface area (Å²) in [4.78, 5) is 34.9. The Morgan fingerprint density at radius 1 is 0.500 bits per heavy atom. The quantitative estimate of drug-likeness (QED) is 0.0266. The van der Waals surface area contributed by atoms with Crippen LogP contribution in [0.25, 0.3) is 0 Å². The minimum Gasteiger partial charge on any atom is -0.462 e. The Morgan fingerprint density at radius 2 is 0.845 bits per heavy atom. The second-order valence-electron chi connectivity index (χ2n) is 16.3. The molecule has 2 unspecified atom stereocenters. The summed E-state index contributed by atoms with van der Waals surface area (Å²) in [6.45, 7) is 3.74. The number of ether oxygens (including phenoxy) is 2. The molecule has 0 aromatic carbocycles. The standard InChI is InChI=1S/C48H92NO8P/c1-3-5-7-9-11-13-15-17-19-20-21-22-23-24-25-26-27-29-31-33-35-37-39-41-48(51)57-46(45-56-58(52,53)55-43-42-49)44-54-47(50)40-38-36-34-32-30-28-18-16-14-12-10-8-6-4-2/h16,18,20-21,46H,3-15,17,19,22-45,49H2,1-2H3,(H,52,53)/b18-16-,21-20-. The number of carbonyl (C=O) groups excluding carboxylic acids is 2. The van der Waals surface area contributed by atoms with E-state index in [1.54, 1.807) is 0 Å². The van der Waals surface area contributed by atoms with Gasteiger partial charge in [0.25, 0.3) is 0 Å². The molecule has 0 amide bonds. The Labute approximate surface area is 357 Å². The SMILES string of the molecule is CCCCCCC/C=C\CCCCCCCC(=O)OCC(COP(=O)(O)OCCN)OC(=O)CCCCCCCCCCCCC/C=C\CCCCCCCCCC. The summed E-state index contributed by atoms with van der Waals surface area (Å²) in [6, 6.07) is 0. The van der Waals surface area contributed by atoms with Crippen molar-refractivity contribution >= 4 is 19.8 Å². The Kier molecular flexibility index (Phi) is 43.9. The van der Waals surface area contributed by atoms with E-state index in [-0.39, 0.29) is 38.6 Å². The predicted octanol–water partition coefficient (Wildman–Crippen LogP) is 14.3. The predicted molar refractivity (Wildman–Crippen MR) is 243 cm³/mol. The Bertz CT molecular complexity index is 1010. The van der Waals surface area contributed by atoms with E-state index in [1.165, 1.54) is 148 Å². The average Bonchev–Trinajstić information content (AvgIpc) is 3.21. The van der Waals surface area contributed by atoms with Gasteiger partial charge in [0.05, 0.1) is 13.2 Å². The van der Waals surface area contributed by atoms with Crippen LogP contribution in [0, 0.1) is 0 Å². The average molecular weight is 842 g/mol. The fourth-order valence-electron chi connectivity index (χ4n) is 6.92. The van der Waals surface area contributed by atoms with Crippen LogP contribution in [0.3, 0.4) is 0 Å². The molecule has 2 atom stereocenters. The second kappa shape index (κ2) is 45.0. The van der Waals surface area contributed by atoms with Crippen LogP contribution < -0.4 is 5.73 Å². The van der Waals surface area contributed by atoms with Crippen molar-refractivity contribution in [2.75, 3.05) is 26.4 Å². The number of allylic oxidation sites excluding steroid dienone is 4. The monoisotopic (exact) mass is 842 g/mol. The largest absolute Gasteiger partial charge is 0.472 e. The first kappa shape index (κ1) is 56.5. The van der Waals surface area contributed by atoms with Gasteiger partial charge in [0.15, 0.2) is 6.10 Å². The van der Waals surface area contributed by atoms with E-state index >= 15 is 0 Å². The highest BCUT2D eigenvalue weighted by molar-refractivity contribution is 7.47. The normalized spacial score (nSPS) is 13.4. The second-order valence-corrected chi connectivity index (χ2v) is 17.8. The fraction of sp³-hybridized carbons (Fsp3) is 0.875. The maximum atomic E-state index is 12.6. The third-order valence-corrected chi connectivity index (χ3v) is 11.5. The first-order valence-corrected chi connectivity index (χ1v) is 25.8. The van der Waals surface area contributed by atoms with Gasteiger partial charge >= 0.3 is 19.8 Å². The van der Waals surface area contributed by atoms with Crippen molar-refractivity contribution < 1.29 is 37.6 Å². The van der Waals surface area contributed by atoms with Gasteiger partial charge in [0.2, 0.25) is 0 Å². The van der Waals surface area contributed by atoms with Gasteiger partial charge in [-0.15, -0.1) is 0 Å². The molecule has 0 aliphatic heterocycles. The van der Waals surface area contributed by atoms with Crippen LogP contribution in [0.2, 0.25) is 0 Å². The lowest BCUT2D eigenvalue weighted by atomic mass is 10.0. The maximum absolute atomic E-state index is 12.6. The topological polar surface area (TPSA) is 134 Å². The van der Waals surface area contributed by atoms with Crippen LogP contribution >= 0.6 is 7.82 Å². The van der Waals surface area contributed by atoms with Gasteiger partial charge < -0.3 is 20.1 Å².